The second-order valence-corrected chi connectivity index (χ2v) is 7.79. The van der Waals surface area contributed by atoms with Crippen molar-refractivity contribution in [1.82, 2.24) is 4.72 Å². The lowest BCUT2D eigenvalue weighted by molar-refractivity contribution is -0.116. The number of nitrogens with zero attached hydrogens (tertiary/aromatic N) is 1. The highest BCUT2D eigenvalue weighted by atomic mass is 32.2. The normalized spacial score (nSPS) is 16.2. The van der Waals surface area contributed by atoms with E-state index in [-0.39, 0.29) is 16.7 Å². The quantitative estimate of drug-likeness (QED) is 0.905. The molecule has 1 aliphatic rings. The van der Waals surface area contributed by atoms with E-state index in [1.807, 2.05) is 18.2 Å². The van der Waals surface area contributed by atoms with Gasteiger partial charge in [0.1, 0.15) is 0 Å². The Morgan fingerprint density at radius 1 is 1.17 bits per heavy atom. The zero-order valence-corrected chi connectivity index (χ0v) is 14.5. The zero-order valence-electron chi connectivity index (χ0n) is 13.7. The Bertz CT molecular complexity index is 860. The topological polar surface area (TPSA) is 66.5 Å². The molecule has 0 bridgehead atoms. The summed E-state index contributed by atoms with van der Waals surface area (Å²) in [5, 5.41) is 0. The summed E-state index contributed by atoms with van der Waals surface area (Å²) >= 11 is 0. The van der Waals surface area contributed by atoms with Gasteiger partial charge >= 0.3 is 0 Å². The van der Waals surface area contributed by atoms with E-state index in [0.29, 0.717) is 12.2 Å². The van der Waals surface area contributed by atoms with E-state index < -0.39 is 10.0 Å². The van der Waals surface area contributed by atoms with E-state index in [0.717, 1.165) is 6.42 Å². The Morgan fingerprint density at radius 2 is 1.83 bits per heavy atom. The van der Waals surface area contributed by atoms with Crippen LogP contribution in [-0.4, -0.2) is 27.9 Å². The maximum Gasteiger partial charge on any atom is 0.240 e. The molecule has 0 radical (unpaired) electrons. The molecule has 1 aliphatic carbocycles. The van der Waals surface area contributed by atoms with Gasteiger partial charge in [0.25, 0.3) is 0 Å². The van der Waals surface area contributed by atoms with Crippen LogP contribution in [0.25, 0.3) is 0 Å². The number of anilines is 1. The summed E-state index contributed by atoms with van der Waals surface area (Å²) in [5.74, 6) is 0.131. The third-order valence-electron chi connectivity index (χ3n) is 4.49. The van der Waals surface area contributed by atoms with Gasteiger partial charge in [-0.2, -0.15) is 0 Å². The number of nitrogens with one attached hydrogen (secondary N) is 1. The van der Waals surface area contributed by atoms with Gasteiger partial charge in [-0.3, -0.25) is 4.79 Å². The molecule has 5 nitrogen and oxygen atoms in total. The molecular formula is C18H20N2O3S. The molecule has 0 fully saturated rings. The summed E-state index contributed by atoms with van der Waals surface area (Å²) in [6.45, 7) is 1.86. The first-order valence-electron chi connectivity index (χ1n) is 7.80. The van der Waals surface area contributed by atoms with Crippen molar-refractivity contribution in [2.24, 2.45) is 0 Å². The molecule has 1 atom stereocenters. The van der Waals surface area contributed by atoms with E-state index in [1.165, 1.54) is 35.1 Å². The van der Waals surface area contributed by atoms with Gasteiger partial charge in [-0.1, -0.05) is 24.3 Å². The number of fused-ring (bicyclic) bond motifs is 1. The highest BCUT2D eigenvalue weighted by Crippen LogP contribution is 2.34. The predicted octanol–water partition coefficient (Wildman–Crippen LogP) is 2.29. The zero-order chi connectivity index (χ0) is 17.3. The summed E-state index contributed by atoms with van der Waals surface area (Å²) in [4.78, 5) is 13.0. The first-order chi connectivity index (χ1) is 11.4. The number of benzene rings is 2. The molecular weight excluding hydrogens is 324 g/mol. The summed E-state index contributed by atoms with van der Waals surface area (Å²) in [6.07, 6.45) is 0.904. The van der Waals surface area contributed by atoms with Crippen molar-refractivity contribution in [3.8, 4) is 0 Å². The molecule has 6 heteroatoms. The van der Waals surface area contributed by atoms with Gasteiger partial charge in [0.15, 0.2) is 0 Å². The molecule has 0 saturated heterocycles. The van der Waals surface area contributed by atoms with Crippen molar-refractivity contribution in [3.05, 3.63) is 59.7 Å². The van der Waals surface area contributed by atoms with E-state index >= 15 is 0 Å². The van der Waals surface area contributed by atoms with Crippen molar-refractivity contribution >= 4 is 21.6 Å². The predicted molar refractivity (Wildman–Crippen MR) is 93.6 cm³/mol. The first kappa shape index (κ1) is 16.7. The smallest absolute Gasteiger partial charge is 0.240 e. The number of amides is 1. The maximum absolute atomic E-state index is 12.4. The molecule has 0 unspecified atom stereocenters. The lowest BCUT2D eigenvalue weighted by Crippen LogP contribution is -2.33. The van der Waals surface area contributed by atoms with Crippen LogP contribution in [0.1, 0.15) is 24.0 Å². The highest BCUT2D eigenvalue weighted by Gasteiger charge is 2.27. The SMILES string of the molecule is CC(=O)N(C)c1ccc(S(=O)(=O)NC[C@H]2Cc3ccccc32)cc1. The van der Waals surface area contributed by atoms with Crippen LogP contribution in [0.5, 0.6) is 0 Å². The van der Waals surface area contributed by atoms with Crippen molar-refractivity contribution in [2.75, 3.05) is 18.5 Å². The van der Waals surface area contributed by atoms with Crippen LogP contribution >= 0.6 is 0 Å². The highest BCUT2D eigenvalue weighted by molar-refractivity contribution is 7.89. The molecule has 2 aromatic carbocycles. The summed E-state index contributed by atoms with van der Waals surface area (Å²) in [6, 6.07) is 14.4. The molecule has 0 heterocycles. The molecule has 24 heavy (non-hydrogen) atoms. The third-order valence-corrected chi connectivity index (χ3v) is 5.93. The molecule has 3 rings (SSSR count). The number of hydrogen-bond acceptors (Lipinski definition) is 3. The lowest BCUT2D eigenvalue weighted by Gasteiger charge is -2.30. The molecule has 126 valence electrons. The molecule has 1 amide bonds. The van der Waals surface area contributed by atoms with Gasteiger partial charge < -0.3 is 4.90 Å². The van der Waals surface area contributed by atoms with Crippen molar-refractivity contribution in [3.63, 3.8) is 0 Å². The second-order valence-electron chi connectivity index (χ2n) is 6.02. The van der Waals surface area contributed by atoms with E-state index in [1.54, 1.807) is 19.2 Å². The third kappa shape index (κ3) is 3.20. The van der Waals surface area contributed by atoms with Crippen LogP contribution in [0.4, 0.5) is 5.69 Å². The maximum atomic E-state index is 12.4. The number of rotatable bonds is 5. The Labute approximate surface area is 142 Å². The molecule has 0 aromatic heterocycles. The van der Waals surface area contributed by atoms with Gasteiger partial charge in [0.2, 0.25) is 15.9 Å². The van der Waals surface area contributed by atoms with Crippen molar-refractivity contribution in [1.29, 1.82) is 0 Å². The molecule has 2 aromatic rings. The summed E-state index contributed by atoms with van der Waals surface area (Å²) in [5.41, 5.74) is 3.17. The van der Waals surface area contributed by atoms with Crippen LogP contribution in [0, 0.1) is 0 Å². The van der Waals surface area contributed by atoms with Crippen LogP contribution in [0.2, 0.25) is 0 Å². The van der Waals surface area contributed by atoms with Crippen LogP contribution in [-0.2, 0) is 21.2 Å². The molecule has 0 saturated carbocycles. The molecule has 0 spiro atoms. The van der Waals surface area contributed by atoms with Gasteiger partial charge in [-0.25, -0.2) is 13.1 Å². The van der Waals surface area contributed by atoms with Crippen LogP contribution in [0.15, 0.2) is 53.4 Å². The monoisotopic (exact) mass is 344 g/mol. The number of carbonyl (C=O) groups is 1. The van der Waals surface area contributed by atoms with E-state index in [4.69, 9.17) is 0 Å². The van der Waals surface area contributed by atoms with Crippen molar-refractivity contribution < 1.29 is 13.2 Å². The largest absolute Gasteiger partial charge is 0.316 e. The van der Waals surface area contributed by atoms with Crippen LogP contribution < -0.4 is 9.62 Å². The average Bonchev–Trinajstić information content (AvgIpc) is 2.55. The number of hydrogen-bond donors (Lipinski definition) is 1. The van der Waals surface area contributed by atoms with Gasteiger partial charge in [0.05, 0.1) is 4.90 Å². The number of sulfonamides is 1. The average molecular weight is 344 g/mol. The summed E-state index contributed by atoms with van der Waals surface area (Å²) < 4.78 is 27.5. The molecule has 0 aliphatic heterocycles. The Kier molecular flexibility index (Phi) is 4.43. The second kappa shape index (κ2) is 6.37. The van der Waals surface area contributed by atoms with Gasteiger partial charge in [0, 0.05) is 32.1 Å². The minimum absolute atomic E-state index is 0.104. The fraction of sp³-hybridized carbons (Fsp3) is 0.278. The summed E-state index contributed by atoms with van der Waals surface area (Å²) in [7, 11) is -1.90. The standard InChI is InChI=1S/C18H20N2O3S/c1-13(21)20(2)16-7-9-17(10-8-16)24(22,23)19-12-15-11-14-5-3-4-6-18(14)15/h3-10,15,19H,11-12H2,1-2H3/t15-/m1/s1. The van der Waals surface area contributed by atoms with Crippen LogP contribution in [0.3, 0.4) is 0 Å². The Hall–Kier alpha value is -2.18. The lowest BCUT2D eigenvalue weighted by atomic mass is 9.78. The fourth-order valence-electron chi connectivity index (χ4n) is 2.87. The number of carbonyl (C=O) groups excluding carboxylic acids is 1. The van der Waals surface area contributed by atoms with Crippen molar-refractivity contribution in [2.45, 2.75) is 24.2 Å². The molecule has 1 N–H and O–H groups in total. The minimum Gasteiger partial charge on any atom is -0.316 e. The van der Waals surface area contributed by atoms with Gasteiger partial charge in [-0.05, 0) is 41.8 Å². The minimum atomic E-state index is -3.55. The first-order valence-corrected chi connectivity index (χ1v) is 9.28. The van der Waals surface area contributed by atoms with Gasteiger partial charge in [-0.15, -0.1) is 0 Å². The Morgan fingerprint density at radius 3 is 2.46 bits per heavy atom. The van der Waals surface area contributed by atoms with E-state index in [2.05, 4.69) is 10.8 Å². The fourth-order valence-corrected chi connectivity index (χ4v) is 3.95. The Balaban J connectivity index is 1.67. The van der Waals surface area contributed by atoms with E-state index in [9.17, 15) is 13.2 Å².